The molecule has 1 fully saturated rings. The molecule has 2 nitrogen and oxygen atoms in total. The van der Waals surface area contributed by atoms with Crippen LogP contribution in [0.25, 0.3) is 0 Å². The molecule has 0 bridgehead atoms. The highest BCUT2D eigenvalue weighted by molar-refractivity contribution is 5.62. The summed E-state index contributed by atoms with van der Waals surface area (Å²) < 4.78 is 5.45. The molecule has 5 atom stereocenters. The van der Waals surface area contributed by atoms with E-state index in [1.165, 1.54) is 64.2 Å². The summed E-state index contributed by atoms with van der Waals surface area (Å²) in [6.07, 6.45) is 15.4. The van der Waals surface area contributed by atoms with E-state index in [9.17, 15) is 4.79 Å². The fourth-order valence-electron chi connectivity index (χ4n) is 3.99. The highest BCUT2D eigenvalue weighted by Crippen LogP contribution is 2.39. The van der Waals surface area contributed by atoms with Gasteiger partial charge in [-0.15, -0.1) is 0 Å². The molecule has 24 heavy (non-hydrogen) atoms. The third-order valence-corrected chi connectivity index (χ3v) is 6.00. The van der Waals surface area contributed by atoms with Crippen LogP contribution in [-0.2, 0) is 9.53 Å². The van der Waals surface area contributed by atoms with Crippen molar-refractivity contribution in [2.24, 2.45) is 17.8 Å². The van der Waals surface area contributed by atoms with Gasteiger partial charge in [-0.25, -0.2) is 0 Å². The third-order valence-electron chi connectivity index (χ3n) is 6.00. The van der Waals surface area contributed by atoms with Crippen LogP contribution in [-0.4, -0.2) is 18.0 Å². The van der Waals surface area contributed by atoms with Crippen molar-refractivity contribution < 1.29 is 9.53 Å². The van der Waals surface area contributed by atoms with E-state index in [0.717, 1.165) is 30.5 Å². The summed E-state index contributed by atoms with van der Waals surface area (Å²) >= 11 is 0. The molecule has 0 radical (unpaired) electrons. The van der Waals surface area contributed by atoms with Crippen molar-refractivity contribution in [3.63, 3.8) is 0 Å². The zero-order chi connectivity index (χ0) is 18.0. The minimum atomic E-state index is -0.134. The highest BCUT2D eigenvalue weighted by atomic mass is 16.6. The van der Waals surface area contributed by atoms with Crippen LogP contribution >= 0.6 is 0 Å². The molecule has 3 unspecified atom stereocenters. The number of hydrogen-bond donors (Lipinski definition) is 0. The van der Waals surface area contributed by atoms with Gasteiger partial charge < -0.3 is 9.53 Å². The van der Waals surface area contributed by atoms with Gasteiger partial charge >= 0.3 is 0 Å². The summed E-state index contributed by atoms with van der Waals surface area (Å²) in [5, 5.41) is 0. The molecule has 0 aliphatic carbocycles. The summed E-state index contributed by atoms with van der Waals surface area (Å²) in [5.74, 6) is 2.61. The molecule has 0 aromatic rings. The van der Waals surface area contributed by atoms with E-state index in [1.807, 2.05) is 0 Å². The van der Waals surface area contributed by atoms with Crippen LogP contribution in [0.2, 0.25) is 0 Å². The second-order valence-corrected chi connectivity index (χ2v) is 8.85. The maximum Gasteiger partial charge on any atom is 0.151 e. The Labute approximate surface area is 151 Å². The normalized spacial score (nSPS) is 26.8. The van der Waals surface area contributed by atoms with E-state index in [-0.39, 0.29) is 11.7 Å². The molecule has 0 saturated carbocycles. The minimum absolute atomic E-state index is 0.131. The highest BCUT2D eigenvalue weighted by Gasteiger charge is 2.51. The second kappa shape index (κ2) is 11.3. The van der Waals surface area contributed by atoms with E-state index in [2.05, 4.69) is 34.6 Å². The van der Waals surface area contributed by atoms with Gasteiger partial charge in [0.2, 0.25) is 0 Å². The maximum atomic E-state index is 10.7. The Bertz CT molecular complexity index is 341. The first-order chi connectivity index (χ1) is 11.4. The molecule has 0 N–H and O–H groups in total. The van der Waals surface area contributed by atoms with Crippen molar-refractivity contribution in [1.29, 1.82) is 0 Å². The number of carbonyl (C=O) groups is 1. The van der Waals surface area contributed by atoms with Gasteiger partial charge in [0.1, 0.15) is 6.10 Å². The van der Waals surface area contributed by atoms with E-state index in [0.29, 0.717) is 0 Å². The average Bonchev–Trinajstić information content (AvgIpc) is 3.18. The Balaban J connectivity index is 1.96. The van der Waals surface area contributed by atoms with Crippen molar-refractivity contribution in [2.75, 3.05) is 0 Å². The van der Waals surface area contributed by atoms with Gasteiger partial charge in [-0.1, -0.05) is 91.9 Å². The molecule has 2 heteroatoms. The van der Waals surface area contributed by atoms with Crippen molar-refractivity contribution in [3.05, 3.63) is 0 Å². The van der Waals surface area contributed by atoms with Gasteiger partial charge in [-0.2, -0.15) is 0 Å². The van der Waals surface area contributed by atoms with Crippen LogP contribution in [0.4, 0.5) is 0 Å². The van der Waals surface area contributed by atoms with Crippen molar-refractivity contribution in [3.8, 4) is 0 Å². The standard InChI is InChI=1S/C22H42O2/c1-6-10-18(2)11-7-12-19(3)13-8-14-20(4)15-9-16-22(5)21(17-23)24-22/h17-21H,6-16H2,1-5H3/t18?,19?,20?,21-,22+/m1/s1. The summed E-state index contributed by atoms with van der Waals surface area (Å²) in [5.41, 5.74) is -0.134. The summed E-state index contributed by atoms with van der Waals surface area (Å²) in [6, 6.07) is 0. The number of ether oxygens (including phenoxy) is 1. The molecule has 0 spiro atoms. The van der Waals surface area contributed by atoms with Gasteiger partial charge in [0.15, 0.2) is 6.29 Å². The van der Waals surface area contributed by atoms with Gasteiger partial charge in [0.25, 0.3) is 0 Å². The summed E-state index contributed by atoms with van der Waals surface area (Å²) in [4.78, 5) is 10.7. The first-order valence-electron chi connectivity index (χ1n) is 10.5. The van der Waals surface area contributed by atoms with E-state index >= 15 is 0 Å². The first-order valence-corrected chi connectivity index (χ1v) is 10.5. The van der Waals surface area contributed by atoms with Crippen molar-refractivity contribution in [1.82, 2.24) is 0 Å². The lowest BCUT2D eigenvalue weighted by molar-refractivity contribution is -0.108. The molecule has 1 saturated heterocycles. The third kappa shape index (κ3) is 8.65. The zero-order valence-electron chi connectivity index (χ0n) is 17.0. The van der Waals surface area contributed by atoms with Crippen LogP contribution in [0.1, 0.15) is 105 Å². The molecule has 1 aliphatic heterocycles. The zero-order valence-corrected chi connectivity index (χ0v) is 17.0. The second-order valence-electron chi connectivity index (χ2n) is 8.85. The molecule has 0 amide bonds. The molecule has 0 aromatic heterocycles. The van der Waals surface area contributed by atoms with Gasteiger partial charge in [-0.3, -0.25) is 0 Å². The fraction of sp³-hybridized carbons (Fsp3) is 0.955. The monoisotopic (exact) mass is 338 g/mol. The fourth-order valence-corrected chi connectivity index (χ4v) is 3.99. The maximum absolute atomic E-state index is 10.7. The van der Waals surface area contributed by atoms with E-state index in [4.69, 9.17) is 4.74 Å². The topological polar surface area (TPSA) is 29.6 Å². The smallest absolute Gasteiger partial charge is 0.151 e. The van der Waals surface area contributed by atoms with Crippen molar-refractivity contribution >= 4 is 6.29 Å². The molecule has 142 valence electrons. The average molecular weight is 339 g/mol. The molecular weight excluding hydrogens is 296 g/mol. The summed E-state index contributed by atoms with van der Waals surface area (Å²) in [7, 11) is 0. The van der Waals surface area contributed by atoms with Crippen LogP contribution < -0.4 is 0 Å². The van der Waals surface area contributed by atoms with Crippen LogP contribution in [0.15, 0.2) is 0 Å². The lowest BCUT2D eigenvalue weighted by Gasteiger charge is -2.16. The summed E-state index contributed by atoms with van der Waals surface area (Å²) in [6.45, 7) is 11.6. The van der Waals surface area contributed by atoms with Crippen LogP contribution in [0.3, 0.4) is 0 Å². The quantitative estimate of drug-likeness (QED) is 0.250. The van der Waals surface area contributed by atoms with Crippen molar-refractivity contribution in [2.45, 2.75) is 117 Å². The number of hydrogen-bond acceptors (Lipinski definition) is 2. The Morgan fingerprint density at radius 3 is 1.75 bits per heavy atom. The lowest BCUT2D eigenvalue weighted by atomic mass is 9.90. The van der Waals surface area contributed by atoms with Crippen LogP contribution in [0.5, 0.6) is 0 Å². The number of epoxide rings is 1. The van der Waals surface area contributed by atoms with Gasteiger partial charge in [0, 0.05) is 0 Å². The van der Waals surface area contributed by atoms with E-state index < -0.39 is 0 Å². The Hall–Kier alpha value is -0.370. The Morgan fingerprint density at radius 1 is 0.875 bits per heavy atom. The predicted molar refractivity (Wildman–Crippen MR) is 103 cm³/mol. The molecule has 0 aromatic carbocycles. The van der Waals surface area contributed by atoms with Crippen LogP contribution in [0, 0.1) is 17.8 Å². The van der Waals surface area contributed by atoms with E-state index in [1.54, 1.807) is 0 Å². The number of rotatable bonds is 15. The number of aldehydes is 1. The molecule has 1 rings (SSSR count). The SMILES string of the molecule is CCCC(C)CCCC(C)CCCC(C)CCC[C@]1(C)O[C@@H]1C=O. The minimum Gasteiger partial charge on any atom is -0.358 e. The lowest BCUT2D eigenvalue weighted by Crippen LogP contribution is -2.11. The largest absolute Gasteiger partial charge is 0.358 e. The van der Waals surface area contributed by atoms with Gasteiger partial charge in [-0.05, 0) is 31.1 Å². The Kier molecular flexibility index (Phi) is 10.2. The molecule has 1 heterocycles. The number of carbonyl (C=O) groups excluding carboxylic acids is 1. The molecular formula is C22H42O2. The molecule has 1 aliphatic rings. The Morgan fingerprint density at radius 2 is 1.33 bits per heavy atom. The first kappa shape index (κ1) is 21.7. The predicted octanol–water partition coefficient (Wildman–Crippen LogP) is 6.56. The van der Waals surface area contributed by atoms with Gasteiger partial charge in [0.05, 0.1) is 5.60 Å².